The van der Waals surface area contributed by atoms with E-state index in [4.69, 9.17) is 4.74 Å². The zero-order valence-corrected chi connectivity index (χ0v) is 17.3. The van der Waals surface area contributed by atoms with Gasteiger partial charge in [-0.15, -0.1) is 0 Å². The van der Waals surface area contributed by atoms with Gasteiger partial charge in [-0.3, -0.25) is 19.4 Å². The van der Waals surface area contributed by atoms with Crippen molar-refractivity contribution in [2.75, 3.05) is 39.4 Å². The Hall–Kier alpha value is -2.45. The van der Waals surface area contributed by atoms with Crippen molar-refractivity contribution in [3.05, 3.63) is 35.4 Å². The van der Waals surface area contributed by atoms with Gasteiger partial charge in [-0.25, -0.2) is 4.79 Å². The number of nitrogens with one attached hydrogen (secondary N) is 2. The van der Waals surface area contributed by atoms with Gasteiger partial charge in [-0.1, -0.05) is 37.5 Å². The highest BCUT2D eigenvalue weighted by Crippen LogP contribution is 2.34. The smallest absolute Gasteiger partial charge is 0.324 e. The summed E-state index contributed by atoms with van der Waals surface area (Å²) in [4.78, 5) is 40.6. The number of morpholine rings is 1. The first-order chi connectivity index (χ1) is 14.6. The van der Waals surface area contributed by atoms with E-state index in [1.54, 1.807) is 12.1 Å². The Balaban J connectivity index is 1.46. The Morgan fingerprint density at radius 3 is 2.53 bits per heavy atom. The van der Waals surface area contributed by atoms with E-state index < -0.39 is 6.03 Å². The third kappa shape index (κ3) is 4.34. The first-order valence-electron chi connectivity index (χ1n) is 10.9. The molecule has 162 valence electrons. The number of urea groups is 1. The maximum absolute atomic E-state index is 13.1. The molecule has 0 spiro atoms. The lowest BCUT2D eigenvalue weighted by molar-refractivity contribution is -0.125. The van der Waals surface area contributed by atoms with Crippen molar-refractivity contribution in [2.45, 2.75) is 44.2 Å². The second kappa shape index (κ2) is 9.14. The van der Waals surface area contributed by atoms with Crippen LogP contribution in [0.15, 0.2) is 24.3 Å². The maximum Gasteiger partial charge on any atom is 0.324 e. The molecule has 2 heterocycles. The summed E-state index contributed by atoms with van der Waals surface area (Å²) in [6, 6.07) is 6.77. The SMILES string of the molecule is O=C(NCC1(N2CCOCC2)CCCCC1)c1ccccc1CN1C(=O)CNC1=O. The summed E-state index contributed by atoms with van der Waals surface area (Å²) in [6.45, 7) is 3.99. The molecule has 0 aromatic heterocycles. The lowest BCUT2D eigenvalue weighted by atomic mass is 9.79. The second-order valence-electron chi connectivity index (χ2n) is 8.36. The Labute approximate surface area is 176 Å². The molecule has 1 aliphatic carbocycles. The van der Waals surface area contributed by atoms with E-state index in [1.807, 2.05) is 12.1 Å². The van der Waals surface area contributed by atoms with Gasteiger partial charge in [0.2, 0.25) is 5.91 Å². The molecule has 8 heteroatoms. The number of nitrogens with zero attached hydrogens (tertiary/aromatic N) is 2. The van der Waals surface area contributed by atoms with Crippen molar-refractivity contribution in [2.24, 2.45) is 0 Å². The van der Waals surface area contributed by atoms with Crippen LogP contribution in [0.4, 0.5) is 4.79 Å². The number of imide groups is 1. The molecule has 2 saturated heterocycles. The molecular formula is C22H30N4O4. The average molecular weight is 415 g/mol. The fourth-order valence-electron chi connectivity index (χ4n) is 4.86. The van der Waals surface area contributed by atoms with Gasteiger partial charge in [0.05, 0.1) is 26.3 Å². The van der Waals surface area contributed by atoms with Crippen LogP contribution in [0.1, 0.15) is 48.0 Å². The summed E-state index contributed by atoms with van der Waals surface area (Å²) in [5.41, 5.74) is 1.17. The fraction of sp³-hybridized carbons (Fsp3) is 0.591. The van der Waals surface area contributed by atoms with Gasteiger partial charge in [0.1, 0.15) is 0 Å². The van der Waals surface area contributed by atoms with Gasteiger partial charge < -0.3 is 15.4 Å². The minimum Gasteiger partial charge on any atom is -0.379 e. The molecule has 2 N–H and O–H groups in total. The van der Waals surface area contributed by atoms with E-state index in [1.165, 1.54) is 19.3 Å². The van der Waals surface area contributed by atoms with Gasteiger partial charge in [0, 0.05) is 30.7 Å². The van der Waals surface area contributed by atoms with Crippen LogP contribution in [-0.2, 0) is 16.1 Å². The summed E-state index contributed by atoms with van der Waals surface area (Å²) in [5, 5.41) is 5.69. The molecule has 30 heavy (non-hydrogen) atoms. The maximum atomic E-state index is 13.1. The van der Waals surface area contributed by atoms with Crippen LogP contribution >= 0.6 is 0 Å². The molecular weight excluding hydrogens is 384 g/mol. The number of hydrogen-bond donors (Lipinski definition) is 2. The number of carbonyl (C=O) groups excluding carboxylic acids is 3. The molecule has 1 aromatic rings. The lowest BCUT2D eigenvalue weighted by Gasteiger charge is -2.48. The predicted octanol–water partition coefficient (Wildman–Crippen LogP) is 1.50. The van der Waals surface area contributed by atoms with Crippen LogP contribution in [0.3, 0.4) is 0 Å². The molecule has 0 radical (unpaired) electrons. The summed E-state index contributed by atoms with van der Waals surface area (Å²) in [6.07, 6.45) is 5.76. The molecule has 8 nitrogen and oxygen atoms in total. The summed E-state index contributed by atoms with van der Waals surface area (Å²) in [7, 11) is 0. The zero-order valence-electron chi connectivity index (χ0n) is 17.3. The second-order valence-corrected chi connectivity index (χ2v) is 8.36. The molecule has 0 unspecified atom stereocenters. The molecule has 1 saturated carbocycles. The monoisotopic (exact) mass is 414 g/mol. The van der Waals surface area contributed by atoms with Crippen LogP contribution in [0, 0.1) is 0 Å². The Kier molecular flexibility index (Phi) is 6.34. The minimum absolute atomic E-state index is 0.00919. The number of ether oxygens (including phenoxy) is 1. The highest BCUT2D eigenvalue weighted by atomic mass is 16.5. The van der Waals surface area contributed by atoms with E-state index in [2.05, 4.69) is 15.5 Å². The molecule has 0 atom stereocenters. The first-order valence-corrected chi connectivity index (χ1v) is 10.9. The third-order valence-corrected chi connectivity index (χ3v) is 6.57. The van der Waals surface area contributed by atoms with Crippen molar-refractivity contribution in [3.8, 4) is 0 Å². The van der Waals surface area contributed by atoms with E-state index in [-0.39, 0.29) is 30.4 Å². The average Bonchev–Trinajstić information content (AvgIpc) is 3.11. The summed E-state index contributed by atoms with van der Waals surface area (Å²) < 4.78 is 5.53. The Bertz CT molecular complexity index is 784. The van der Waals surface area contributed by atoms with Crippen LogP contribution < -0.4 is 10.6 Å². The van der Waals surface area contributed by atoms with Crippen LogP contribution in [0.5, 0.6) is 0 Å². The van der Waals surface area contributed by atoms with Gasteiger partial charge in [-0.05, 0) is 24.5 Å². The van der Waals surface area contributed by atoms with E-state index in [0.29, 0.717) is 17.7 Å². The zero-order chi connectivity index (χ0) is 21.0. The largest absolute Gasteiger partial charge is 0.379 e. The van der Waals surface area contributed by atoms with Crippen LogP contribution in [0.25, 0.3) is 0 Å². The van der Waals surface area contributed by atoms with Gasteiger partial charge in [0.15, 0.2) is 0 Å². The number of benzene rings is 1. The predicted molar refractivity (Wildman–Crippen MR) is 111 cm³/mol. The van der Waals surface area contributed by atoms with Gasteiger partial charge >= 0.3 is 6.03 Å². The highest BCUT2D eigenvalue weighted by molar-refractivity contribution is 6.02. The Morgan fingerprint density at radius 1 is 1.10 bits per heavy atom. The number of hydrogen-bond acceptors (Lipinski definition) is 5. The molecule has 3 aliphatic rings. The number of carbonyl (C=O) groups is 3. The molecule has 2 aliphatic heterocycles. The van der Waals surface area contributed by atoms with Gasteiger partial charge in [-0.2, -0.15) is 0 Å². The molecule has 4 amide bonds. The lowest BCUT2D eigenvalue weighted by Crippen LogP contribution is -2.59. The summed E-state index contributed by atoms with van der Waals surface area (Å²) >= 11 is 0. The topological polar surface area (TPSA) is 91.0 Å². The number of amides is 4. The van der Waals surface area contributed by atoms with Crippen molar-refractivity contribution < 1.29 is 19.1 Å². The van der Waals surface area contributed by atoms with E-state index in [9.17, 15) is 14.4 Å². The fourth-order valence-corrected chi connectivity index (χ4v) is 4.86. The molecule has 1 aromatic carbocycles. The van der Waals surface area contributed by atoms with E-state index in [0.717, 1.165) is 44.0 Å². The summed E-state index contributed by atoms with van der Waals surface area (Å²) in [5.74, 6) is -0.431. The number of rotatable bonds is 6. The van der Waals surface area contributed by atoms with Crippen LogP contribution in [-0.4, -0.2) is 72.6 Å². The van der Waals surface area contributed by atoms with Crippen molar-refractivity contribution in [3.63, 3.8) is 0 Å². The van der Waals surface area contributed by atoms with Crippen molar-refractivity contribution >= 4 is 17.8 Å². The quantitative estimate of drug-likeness (QED) is 0.689. The van der Waals surface area contributed by atoms with Crippen molar-refractivity contribution in [1.82, 2.24) is 20.4 Å². The minimum atomic E-state index is -0.413. The van der Waals surface area contributed by atoms with Gasteiger partial charge in [0.25, 0.3) is 5.91 Å². The van der Waals surface area contributed by atoms with Crippen molar-refractivity contribution in [1.29, 1.82) is 0 Å². The van der Waals surface area contributed by atoms with Crippen LogP contribution in [0.2, 0.25) is 0 Å². The first kappa shape index (κ1) is 20.8. The Morgan fingerprint density at radius 2 is 1.83 bits per heavy atom. The van der Waals surface area contributed by atoms with E-state index >= 15 is 0 Å². The standard InChI is InChI=1S/C22H30N4O4/c27-19-14-23-21(29)26(19)15-17-6-2-3-7-18(17)20(28)24-16-22(8-4-1-5-9-22)25-10-12-30-13-11-25/h2-3,6-7H,1,4-5,8-16H2,(H,23,29)(H,24,28). The molecule has 3 fully saturated rings. The molecule has 4 rings (SSSR count). The highest BCUT2D eigenvalue weighted by Gasteiger charge is 2.39. The normalized spacial score (nSPS) is 22.1. The third-order valence-electron chi connectivity index (χ3n) is 6.57. The molecule has 0 bridgehead atoms.